The SMILES string of the molecule is Cc1ccc2c(c1)CC2.[C-]#[O+].[C-]#[O+].[C-]#[O+].[Mo]. The first-order valence-electron chi connectivity index (χ1n) is 4.06. The monoisotopic (exact) mass is 300 g/mol. The summed E-state index contributed by atoms with van der Waals surface area (Å²) in [4.78, 5) is 0. The first-order chi connectivity index (χ1) is 7.36. The van der Waals surface area contributed by atoms with Crippen LogP contribution < -0.4 is 0 Å². The van der Waals surface area contributed by atoms with E-state index in [1.807, 2.05) is 0 Å². The van der Waals surface area contributed by atoms with E-state index in [1.165, 1.54) is 18.4 Å². The molecule has 1 aromatic rings. The van der Waals surface area contributed by atoms with Gasteiger partial charge in [-0.25, -0.2) is 0 Å². The normalized spacial score (nSPS) is 8.44. The van der Waals surface area contributed by atoms with E-state index in [-0.39, 0.29) is 21.1 Å². The summed E-state index contributed by atoms with van der Waals surface area (Å²) in [5.74, 6) is 0. The van der Waals surface area contributed by atoms with E-state index < -0.39 is 0 Å². The molecule has 0 unspecified atom stereocenters. The smallest absolute Gasteiger partial charge is 0 e. The number of aryl methyl sites for hydroxylation is 3. The van der Waals surface area contributed by atoms with E-state index in [2.05, 4.69) is 45.1 Å². The van der Waals surface area contributed by atoms with Crippen LogP contribution in [0.1, 0.15) is 16.7 Å². The molecule has 2 rings (SSSR count). The predicted octanol–water partition coefficient (Wildman–Crippen LogP) is 1.98. The van der Waals surface area contributed by atoms with Crippen molar-refractivity contribution < 1.29 is 35.0 Å². The molecule has 0 saturated carbocycles. The van der Waals surface area contributed by atoms with Crippen LogP contribution in [0.3, 0.4) is 0 Å². The van der Waals surface area contributed by atoms with Gasteiger partial charge in [0.1, 0.15) is 0 Å². The van der Waals surface area contributed by atoms with Gasteiger partial charge in [-0.3, -0.25) is 0 Å². The van der Waals surface area contributed by atoms with Crippen LogP contribution in [-0.2, 0) is 47.9 Å². The first kappa shape index (κ1) is 20.5. The van der Waals surface area contributed by atoms with Crippen LogP contribution in [0.4, 0.5) is 0 Å². The molecule has 1 aromatic carbocycles. The molecular weight excluding hydrogens is 288 g/mol. The molecule has 0 N–H and O–H groups in total. The van der Waals surface area contributed by atoms with Gasteiger partial charge >= 0.3 is 33.9 Å². The minimum absolute atomic E-state index is 0. The summed E-state index contributed by atoms with van der Waals surface area (Å²) in [6.07, 6.45) is 2.60. The van der Waals surface area contributed by atoms with Crippen molar-refractivity contribution in [2.24, 2.45) is 0 Å². The van der Waals surface area contributed by atoms with Gasteiger partial charge in [-0.05, 0) is 30.9 Å². The number of rotatable bonds is 0. The van der Waals surface area contributed by atoms with Crippen molar-refractivity contribution in [2.45, 2.75) is 19.8 Å². The number of hydrogen-bond donors (Lipinski definition) is 0. The van der Waals surface area contributed by atoms with E-state index in [9.17, 15) is 0 Å². The van der Waals surface area contributed by atoms with Gasteiger partial charge in [0.05, 0.1) is 0 Å². The number of benzene rings is 1. The molecule has 0 spiro atoms. The quantitative estimate of drug-likeness (QED) is 0.399. The molecule has 0 atom stereocenters. The molecular formula is C12H10MoO3. The zero-order valence-corrected chi connectivity index (χ0v) is 10.8. The Morgan fingerprint density at radius 1 is 0.875 bits per heavy atom. The Morgan fingerprint density at radius 3 is 1.56 bits per heavy atom. The molecule has 0 heterocycles. The summed E-state index contributed by atoms with van der Waals surface area (Å²) in [6.45, 7) is 15.7. The van der Waals surface area contributed by atoms with Crippen molar-refractivity contribution in [1.29, 1.82) is 0 Å². The molecule has 0 aromatic heterocycles. The number of hydrogen-bond acceptors (Lipinski definition) is 0. The third kappa shape index (κ3) is 6.58. The molecule has 0 bridgehead atoms. The van der Waals surface area contributed by atoms with Crippen LogP contribution in [0.2, 0.25) is 0 Å². The molecule has 4 heteroatoms. The van der Waals surface area contributed by atoms with Crippen molar-refractivity contribution in [3.63, 3.8) is 0 Å². The van der Waals surface area contributed by atoms with Gasteiger partial charge in [-0.15, -0.1) is 0 Å². The first-order valence-corrected chi connectivity index (χ1v) is 4.06. The Hall–Kier alpha value is -0.872. The molecule has 82 valence electrons. The summed E-state index contributed by atoms with van der Waals surface area (Å²) in [5.41, 5.74) is 4.52. The van der Waals surface area contributed by atoms with E-state index in [0.717, 1.165) is 0 Å². The van der Waals surface area contributed by atoms with Gasteiger partial charge in [-0.1, -0.05) is 23.8 Å². The molecule has 16 heavy (non-hydrogen) atoms. The van der Waals surface area contributed by atoms with Gasteiger partial charge in [0, 0.05) is 21.1 Å². The second-order valence-corrected chi connectivity index (χ2v) is 2.77. The van der Waals surface area contributed by atoms with E-state index in [4.69, 9.17) is 14.0 Å². The molecule has 3 nitrogen and oxygen atoms in total. The molecule has 0 amide bonds. The second kappa shape index (κ2) is 14.1. The van der Waals surface area contributed by atoms with Gasteiger partial charge in [0.25, 0.3) is 0 Å². The molecule has 0 fully saturated rings. The van der Waals surface area contributed by atoms with Crippen LogP contribution >= 0.6 is 0 Å². The van der Waals surface area contributed by atoms with Gasteiger partial charge in [0.2, 0.25) is 0 Å². The third-order valence-electron chi connectivity index (χ3n) is 2.03. The fourth-order valence-corrected chi connectivity index (χ4v) is 1.32. The third-order valence-corrected chi connectivity index (χ3v) is 2.03. The van der Waals surface area contributed by atoms with Crippen LogP contribution in [0.15, 0.2) is 18.2 Å². The maximum Gasteiger partial charge on any atom is 0 e. The Balaban J connectivity index is -0.000000214. The number of fused-ring (bicyclic) bond motifs is 1. The molecule has 0 aliphatic heterocycles. The molecule has 1 aliphatic carbocycles. The van der Waals surface area contributed by atoms with E-state index in [0.29, 0.717) is 0 Å². The Labute approximate surface area is 110 Å². The largest absolute Gasteiger partial charge is 0 e. The van der Waals surface area contributed by atoms with Crippen LogP contribution in [0.5, 0.6) is 0 Å². The molecule has 0 radical (unpaired) electrons. The molecule has 1 aliphatic rings. The van der Waals surface area contributed by atoms with Gasteiger partial charge in [0.15, 0.2) is 0 Å². The zero-order chi connectivity index (χ0) is 12.3. The fraction of sp³-hybridized carbons (Fsp3) is 0.250. The minimum atomic E-state index is 0. The van der Waals surface area contributed by atoms with E-state index in [1.54, 1.807) is 11.1 Å². The predicted molar refractivity (Wildman–Crippen MR) is 50.4 cm³/mol. The summed E-state index contributed by atoms with van der Waals surface area (Å²) in [5, 5.41) is 0. The minimum Gasteiger partial charge on any atom is 0 e. The van der Waals surface area contributed by atoms with Gasteiger partial charge < -0.3 is 0 Å². The van der Waals surface area contributed by atoms with Crippen LogP contribution in [-0.4, -0.2) is 0 Å². The van der Waals surface area contributed by atoms with Crippen molar-refractivity contribution in [3.8, 4) is 0 Å². The second-order valence-electron chi connectivity index (χ2n) is 2.77. The average molecular weight is 298 g/mol. The van der Waals surface area contributed by atoms with Gasteiger partial charge in [-0.2, -0.15) is 0 Å². The average Bonchev–Trinajstić information content (AvgIpc) is 2.31. The van der Waals surface area contributed by atoms with Crippen LogP contribution in [0.25, 0.3) is 0 Å². The van der Waals surface area contributed by atoms with Crippen molar-refractivity contribution in [1.82, 2.24) is 0 Å². The molecule has 0 saturated heterocycles. The Kier molecular flexibility index (Phi) is 18.1. The van der Waals surface area contributed by atoms with Crippen molar-refractivity contribution in [2.75, 3.05) is 0 Å². The van der Waals surface area contributed by atoms with Crippen LogP contribution in [0, 0.1) is 26.9 Å². The summed E-state index contributed by atoms with van der Waals surface area (Å²) < 4.78 is 22.5. The summed E-state index contributed by atoms with van der Waals surface area (Å²) in [7, 11) is 0. The van der Waals surface area contributed by atoms with Crippen molar-refractivity contribution in [3.05, 3.63) is 54.8 Å². The standard InChI is InChI=1S/C9H10.3CO.Mo/c1-7-2-3-8-4-5-9(8)6-7;3*1-2;/h2-3,6H,4-5H2,1H3;;;;. The maximum absolute atomic E-state index is 7.50. The van der Waals surface area contributed by atoms with Crippen molar-refractivity contribution >= 4 is 0 Å². The Morgan fingerprint density at radius 2 is 1.31 bits per heavy atom. The Bertz CT molecular complexity index is 339. The van der Waals surface area contributed by atoms with E-state index >= 15 is 0 Å². The zero-order valence-electron chi connectivity index (χ0n) is 8.78. The summed E-state index contributed by atoms with van der Waals surface area (Å²) in [6, 6.07) is 6.73. The summed E-state index contributed by atoms with van der Waals surface area (Å²) >= 11 is 0. The maximum atomic E-state index is 7.50. The topological polar surface area (TPSA) is 59.7 Å². The fourth-order valence-electron chi connectivity index (χ4n) is 1.32.